The van der Waals surface area contributed by atoms with Crippen molar-refractivity contribution in [3.8, 4) is 0 Å². The van der Waals surface area contributed by atoms with E-state index < -0.39 is 11.7 Å². The molecule has 1 amide bonds. The molecule has 0 aliphatic carbocycles. The maximum atomic E-state index is 11.6. The lowest BCUT2D eigenvalue weighted by Gasteiger charge is -2.24. The van der Waals surface area contributed by atoms with Crippen LogP contribution in [-0.4, -0.2) is 57.3 Å². The Morgan fingerprint density at radius 2 is 2.06 bits per heavy atom. The van der Waals surface area contributed by atoms with Gasteiger partial charge < -0.3 is 24.8 Å². The summed E-state index contributed by atoms with van der Waals surface area (Å²) in [6.45, 7) is 8.01. The van der Waals surface area contributed by atoms with Gasteiger partial charge in [0, 0.05) is 20.2 Å². The summed E-state index contributed by atoms with van der Waals surface area (Å²) in [7, 11) is 1.63. The molecule has 1 fully saturated rings. The number of ether oxygens (including phenoxy) is 3. The summed E-state index contributed by atoms with van der Waals surface area (Å²) in [6.07, 6.45) is -0.441. The Balaban J connectivity index is 2.33. The number of rotatable bonds is 5. The number of hydrogen-bond acceptors (Lipinski definition) is 5. The van der Waals surface area contributed by atoms with E-state index in [1.807, 2.05) is 20.8 Å². The molecule has 0 aromatic rings. The summed E-state index contributed by atoms with van der Waals surface area (Å²) in [5.74, 6) is 0. The maximum absolute atomic E-state index is 11.6. The molecule has 18 heavy (non-hydrogen) atoms. The van der Waals surface area contributed by atoms with E-state index in [-0.39, 0.29) is 12.1 Å². The highest BCUT2D eigenvalue weighted by Gasteiger charge is 2.30. The molecule has 1 rings (SSSR count). The fourth-order valence-electron chi connectivity index (χ4n) is 1.72. The lowest BCUT2D eigenvalue weighted by molar-refractivity contribution is 0.00908. The van der Waals surface area contributed by atoms with Crippen LogP contribution in [0.15, 0.2) is 0 Å². The fraction of sp³-hybridized carbons (Fsp3) is 0.917. The lowest BCUT2D eigenvalue weighted by atomic mass is 10.2. The Morgan fingerprint density at radius 3 is 2.67 bits per heavy atom. The largest absolute Gasteiger partial charge is 0.444 e. The minimum atomic E-state index is -0.484. The molecule has 2 atom stereocenters. The predicted octanol–water partition coefficient (Wildman–Crippen LogP) is 0.515. The number of carbonyl (C=O) groups is 1. The van der Waals surface area contributed by atoms with Crippen molar-refractivity contribution in [2.75, 3.05) is 33.4 Å². The molecule has 0 aromatic heterocycles. The smallest absolute Gasteiger partial charge is 0.408 e. The first kappa shape index (κ1) is 15.2. The van der Waals surface area contributed by atoms with E-state index in [1.54, 1.807) is 7.11 Å². The molecule has 106 valence electrons. The van der Waals surface area contributed by atoms with E-state index in [0.717, 1.165) is 6.54 Å². The van der Waals surface area contributed by atoms with Crippen LogP contribution < -0.4 is 10.6 Å². The summed E-state index contributed by atoms with van der Waals surface area (Å²) in [4.78, 5) is 11.6. The molecule has 0 saturated carbocycles. The third kappa shape index (κ3) is 5.66. The number of amides is 1. The highest BCUT2D eigenvalue weighted by Crippen LogP contribution is 2.09. The van der Waals surface area contributed by atoms with Crippen LogP contribution in [0.25, 0.3) is 0 Å². The monoisotopic (exact) mass is 260 g/mol. The average Bonchev–Trinajstić information content (AvgIpc) is 2.63. The molecule has 2 N–H and O–H groups in total. The fourth-order valence-corrected chi connectivity index (χ4v) is 1.72. The third-order valence-corrected chi connectivity index (χ3v) is 2.48. The summed E-state index contributed by atoms with van der Waals surface area (Å²) in [5, 5.41) is 6.00. The topological polar surface area (TPSA) is 68.8 Å². The van der Waals surface area contributed by atoms with E-state index in [0.29, 0.717) is 19.8 Å². The molecule has 6 nitrogen and oxygen atoms in total. The van der Waals surface area contributed by atoms with E-state index in [1.165, 1.54) is 0 Å². The van der Waals surface area contributed by atoms with Gasteiger partial charge in [-0.15, -0.1) is 0 Å². The zero-order valence-corrected chi connectivity index (χ0v) is 11.6. The first-order valence-electron chi connectivity index (χ1n) is 6.23. The van der Waals surface area contributed by atoms with Crippen LogP contribution in [0.2, 0.25) is 0 Å². The van der Waals surface area contributed by atoms with Gasteiger partial charge in [0.25, 0.3) is 0 Å². The Labute approximate surface area is 108 Å². The van der Waals surface area contributed by atoms with Gasteiger partial charge in [0.2, 0.25) is 0 Å². The molecular weight excluding hydrogens is 236 g/mol. The number of nitrogens with one attached hydrogen (secondary N) is 2. The lowest BCUT2D eigenvalue weighted by Crippen LogP contribution is -2.46. The zero-order valence-electron chi connectivity index (χ0n) is 11.6. The standard InChI is InChI=1S/C12H24N2O4/c1-12(2,3)18-11(15)14-9-7-13-8-10(9)17-6-5-16-4/h9-10,13H,5-8H2,1-4H3,(H,14,15)/t9-,10-/m1/s1. The minimum Gasteiger partial charge on any atom is -0.444 e. The van der Waals surface area contributed by atoms with Crippen molar-refractivity contribution in [1.82, 2.24) is 10.6 Å². The summed E-state index contributed by atoms with van der Waals surface area (Å²) < 4.78 is 15.8. The third-order valence-electron chi connectivity index (χ3n) is 2.48. The van der Waals surface area contributed by atoms with Gasteiger partial charge in [-0.2, -0.15) is 0 Å². The van der Waals surface area contributed by atoms with Crippen LogP contribution in [0.3, 0.4) is 0 Å². The van der Waals surface area contributed by atoms with Gasteiger partial charge in [-0.25, -0.2) is 4.79 Å². The normalized spacial score (nSPS) is 24.0. The Kier molecular flexibility index (Phi) is 5.84. The van der Waals surface area contributed by atoms with Crippen molar-refractivity contribution >= 4 is 6.09 Å². The van der Waals surface area contributed by atoms with Crippen LogP contribution in [0.1, 0.15) is 20.8 Å². The van der Waals surface area contributed by atoms with Gasteiger partial charge in [0.05, 0.1) is 25.4 Å². The minimum absolute atomic E-state index is 0.0346. The second kappa shape index (κ2) is 6.92. The van der Waals surface area contributed by atoms with Crippen molar-refractivity contribution in [3.63, 3.8) is 0 Å². The van der Waals surface area contributed by atoms with E-state index in [9.17, 15) is 4.79 Å². The van der Waals surface area contributed by atoms with Crippen molar-refractivity contribution in [2.45, 2.75) is 38.5 Å². The van der Waals surface area contributed by atoms with Crippen LogP contribution in [-0.2, 0) is 14.2 Å². The molecule has 1 aliphatic rings. The molecule has 0 unspecified atom stereocenters. The first-order chi connectivity index (χ1) is 8.42. The number of carbonyl (C=O) groups excluding carboxylic acids is 1. The predicted molar refractivity (Wildman–Crippen MR) is 67.6 cm³/mol. The highest BCUT2D eigenvalue weighted by molar-refractivity contribution is 5.68. The van der Waals surface area contributed by atoms with E-state index >= 15 is 0 Å². The van der Waals surface area contributed by atoms with Crippen LogP contribution in [0.4, 0.5) is 4.79 Å². The van der Waals surface area contributed by atoms with Gasteiger partial charge in [-0.05, 0) is 20.8 Å². The quantitative estimate of drug-likeness (QED) is 0.705. The molecule has 1 aliphatic heterocycles. The summed E-state index contributed by atoms with van der Waals surface area (Å²) in [5.41, 5.74) is -0.484. The maximum Gasteiger partial charge on any atom is 0.408 e. The molecule has 1 saturated heterocycles. The molecule has 0 bridgehead atoms. The van der Waals surface area contributed by atoms with Crippen molar-refractivity contribution < 1.29 is 19.0 Å². The molecule has 0 spiro atoms. The SMILES string of the molecule is COCCO[C@@H]1CNC[C@H]1NC(=O)OC(C)(C)C. The van der Waals surface area contributed by atoms with Gasteiger partial charge in [0.15, 0.2) is 0 Å². The zero-order chi connectivity index (χ0) is 13.6. The van der Waals surface area contributed by atoms with Crippen molar-refractivity contribution in [1.29, 1.82) is 0 Å². The van der Waals surface area contributed by atoms with Gasteiger partial charge in [-0.3, -0.25) is 0 Å². The average molecular weight is 260 g/mol. The molecular formula is C12H24N2O4. The second-order valence-corrected chi connectivity index (χ2v) is 5.31. The Morgan fingerprint density at radius 1 is 1.33 bits per heavy atom. The molecule has 6 heteroatoms. The van der Waals surface area contributed by atoms with Gasteiger partial charge in [-0.1, -0.05) is 0 Å². The van der Waals surface area contributed by atoms with Crippen LogP contribution in [0.5, 0.6) is 0 Å². The Bertz CT molecular complexity index is 265. The molecule has 1 heterocycles. The Hall–Kier alpha value is -0.850. The number of alkyl carbamates (subject to hydrolysis) is 1. The van der Waals surface area contributed by atoms with Crippen LogP contribution in [0, 0.1) is 0 Å². The molecule has 0 radical (unpaired) electrons. The van der Waals surface area contributed by atoms with Crippen molar-refractivity contribution in [2.24, 2.45) is 0 Å². The van der Waals surface area contributed by atoms with Crippen molar-refractivity contribution in [3.05, 3.63) is 0 Å². The van der Waals surface area contributed by atoms with E-state index in [2.05, 4.69) is 10.6 Å². The van der Waals surface area contributed by atoms with Gasteiger partial charge >= 0.3 is 6.09 Å². The van der Waals surface area contributed by atoms with Crippen LogP contribution >= 0.6 is 0 Å². The summed E-state index contributed by atoms with van der Waals surface area (Å²) in [6, 6.07) is -0.0586. The summed E-state index contributed by atoms with van der Waals surface area (Å²) >= 11 is 0. The second-order valence-electron chi connectivity index (χ2n) is 5.31. The molecule has 0 aromatic carbocycles. The number of hydrogen-bond donors (Lipinski definition) is 2. The first-order valence-corrected chi connectivity index (χ1v) is 6.23. The van der Waals surface area contributed by atoms with E-state index in [4.69, 9.17) is 14.2 Å². The number of methoxy groups -OCH3 is 1. The highest BCUT2D eigenvalue weighted by atomic mass is 16.6. The van der Waals surface area contributed by atoms with Gasteiger partial charge in [0.1, 0.15) is 5.60 Å².